The Balaban J connectivity index is 3.36. The molecule has 3 N–H and O–H groups in total. The van der Waals surface area contributed by atoms with E-state index in [2.05, 4.69) is 19.1 Å². The first-order valence-corrected chi connectivity index (χ1v) is 8.64. The molecule has 0 aromatic rings. The Kier molecular flexibility index (Phi) is 15.0. The zero-order valence-corrected chi connectivity index (χ0v) is 14.0. The predicted molar refractivity (Wildman–Crippen MR) is 94.5 cm³/mol. The number of primary amides is 1. The number of carbonyl (C=O) groups excluding carboxylic acids is 1. The number of aliphatic hydroxyl groups excluding tert-OH is 1. The Morgan fingerprint density at radius 3 is 2.00 bits per heavy atom. The highest BCUT2D eigenvalue weighted by Crippen LogP contribution is 2.07. The molecule has 3 nitrogen and oxygen atoms in total. The molecular weight excluding hydrogens is 274 g/mol. The van der Waals surface area contributed by atoms with E-state index in [1.807, 2.05) is 12.2 Å². The van der Waals surface area contributed by atoms with Crippen LogP contribution in [0, 0.1) is 0 Å². The second-order valence-electron chi connectivity index (χ2n) is 5.62. The van der Waals surface area contributed by atoms with Gasteiger partial charge in [0, 0.05) is 0 Å². The van der Waals surface area contributed by atoms with Crippen LogP contribution in [0.1, 0.15) is 71.1 Å². The van der Waals surface area contributed by atoms with Crippen molar-refractivity contribution in [2.75, 3.05) is 0 Å². The highest BCUT2D eigenvalue weighted by atomic mass is 16.3. The number of hydrogen-bond donors (Lipinski definition) is 2. The molecule has 0 heterocycles. The summed E-state index contributed by atoms with van der Waals surface area (Å²) in [6.45, 7) is 2.24. The van der Waals surface area contributed by atoms with Gasteiger partial charge in [0.05, 0.1) is 0 Å². The van der Waals surface area contributed by atoms with Crippen molar-refractivity contribution in [1.82, 2.24) is 0 Å². The van der Waals surface area contributed by atoms with Gasteiger partial charge in [-0.15, -0.1) is 0 Å². The maximum Gasteiger partial charge on any atom is 0.250 e. The average molecular weight is 307 g/mol. The molecule has 0 saturated heterocycles. The van der Waals surface area contributed by atoms with E-state index in [-0.39, 0.29) is 0 Å². The van der Waals surface area contributed by atoms with Gasteiger partial charge in [-0.05, 0) is 44.6 Å². The lowest BCUT2D eigenvalue weighted by atomic mass is 10.1. The van der Waals surface area contributed by atoms with Crippen LogP contribution in [0.15, 0.2) is 36.5 Å². The Bertz CT molecular complexity index is 345. The lowest BCUT2D eigenvalue weighted by Crippen LogP contribution is -2.25. The molecule has 0 fully saturated rings. The molecule has 1 unspecified atom stereocenters. The summed E-state index contributed by atoms with van der Waals surface area (Å²) in [5.41, 5.74) is 4.93. The van der Waals surface area contributed by atoms with E-state index in [4.69, 9.17) is 10.8 Å². The van der Waals surface area contributed by atoms with Crippen molar-refractivity contribution in [2.45, 2.75) is 77.2 Å². The smallest absolute Gasteiger partial charge is 0.250 e. The van der Waals surface area contributed by atoms with E-state index in [0.717, 1.165) is 6.42 Å². The molecule has 0 aliphatic rings. The highest BCUT2D eigenvalue weighted by Gasteiger charge is 2.03. The predicted octanol–water partition coefficient (Wildman–Crippen LogP) is 4.42. The van der Waals surface area contributed by atoms with Crippen LogP contribution >= 0.6 is 0 Å². The fourth-order valence-electron chi connectivity index (χ4n) is 2.06. The number of amides is 1. The summed E-state index contributed by atoms with van der Waals surface area (Å²) in [6, 6.07) is 0. The molecule has 3 heteroatoms. The molecule has 0 spiro atoms. The van der Waals surface area contributed by atoms with Crippen molar-refractivity contribution in [1.29, 1.82) is 0 Å². The minimum absolute atomic E-state index is 0.719. The molecule has 1 amide bonds. The highest BCUT2D eigenvalue weighted by molar-refractivity contribution is 5.80. The molecule has 0 aliphatic carbocycles. The van der Waals surface area contributed by atoms with Crippen molar-refractivity contribution in [3.8, 4) is 0 Å². The van der Waals surface area contributed by atoms with Gasteiger partial charge in [-0.2, -0.15) is 0 Å². The molecule has 0 radical (unpaired) electrons. The van der Waals surface area contributed by atoms with Gasteiger partial charge in [0.25, 0.3) is 0 Å². The number of unbranched alkanes of at least 4 members (excludes halogenated alkanes) is 8. The van der Waals surface area contributed by atoms with Crippen LogP contribution in [-0.2, 0) is 4.79 Å². The number of aliphatic hydroxyl groups is 1. The van der Waals surface area contributed by atoms with E-state index in [0.29, 0.717) is 0 Å². The number of nitrogens with two attached hydrogens (primary N) is 1. The molecule has 1 atom stereocenters. The lowest BCUT2D eigenvalue weighted by Gasteiger charge is -1.97. The minimum atomic E-state index is -1.18. The van der Waals surface area contributed by atoms with E-state index in [1.165, 1.54) is 63.9 Å². The SMILES string of the molecule is CCCCCC/C=C\CCCCC/C=C\C=C\C(O)C(N)=O. The number of carbonyl (C=O) groups is 1. The third-order valence-corrected chi connectivity index (χ3v) is 3.46. The molecule has 0 bridgehead atoms. The summed E-state index contributed by atoms with van der Waals surface area (Å²) in [6.07, 6.45) is 22.9. The van der Waals surface area contributed by atoms with Gasteiger partial charge in [0.2, 0.25) is 5.91 Å². The summed E-state index contributed by atoms with van der Waals surface area (Å²) in [7, 11) is 0. The summed E-state index contributed by atoms with van der Waals surface area (Å²) in [5.74, 6) is -0.719. The van der Waals surface area contributed by atoms with Gasteiger partial charge in [-0.1, -0.05) is 63.0 Å². The molecule has 0 rings (SSSR count). The molecule has 0 aromatic carbocycles. The van der Waals surface area contributed by atoms with Crippen LogP contribution in [0.4, 0.5) is 0 Å². The minimum Gasteiger partial charge on any atom is -0.379 e. The summed E-state index contributed by atoms with van der Waals surface area (Å²) >= 11 is 0. The summed E-state index contributed by atoms with van der Waals surface area (Å²) < 4.78 is 0. The van der Waals surface area contributed by atoms with E-state index in [9.17, 15) is 4.79 Å². The number of rotatable bonds is 14. The Morgan fingerprint density at radius 2 is 1.45 bits per heavy atom. The fraction of sp³-hybridized carbons (Fsp3) is 0.632. The lowest BCUT2D eigenvalue weighted by molar-refractivity contribution is -0.123. The maximum absolute atomic E-state index is 10.6. The van der Waals surface area contributed by atoms with Crippen LogP contribution in [-0.4, -0.2) is 17.1 Å². The van der Waals surface area contributed by atoms with Crippen molar-refractivity contribution < 1.29 is 9.90 Å². The maximum atomic E-state index is 10.6. The van der Waals surface area contributed by atoms with Gasteiger partial charge in [0.1, 0.15) is 0 Å². The van der Waals surface area contributed by atoms with Crippen LogP contribution in [0.25, 0.3) is 0 Å². The first-order chi connectivity index (χ1) is 10.7. The monoisotopic (exact) mass is 307 g/mol. The largest absolute Gasteiger partial charge is 0.379 e. The number of allylic oxidation sites excluding steroid dienone is 5. The Labute approximate surface area is 136 Å². The zero-order chi connectivity index (χ0) is 16.5. The third kappa shape index (κ3) is 15.0. The fourth-order valence-corrected chi connectivity index (χ4v) is 2.06. The van der Waals surface area contributed by atoms with Crippen LogP contribution in [0.2, 0.25) is 0 Å². The van der Waals surface area contributed by atoms with Crippen LogP contribution in [0.5, 0.6) is 0 Å². The number of hydrogen-bond acceptors (Lipinski definition) is 2. The second-order valence-corrected chi connectivity index (χ2v) is 5.62. The van der Waals surface area contributed by atoms with Crippen molar-refractivity contribution in [2.24, 2.45) is 5.73 Å². The Morgan fingerprint density at radius 1 is 0.909 bits per heavy atom. The van der Waals surface area contributed by atoms with Crippen molar-refractivity contribution >= 4 is 5.91 Å². The molecule has 0 aliphatic heterocycles. The standard InChI is InChI=1S/C19H33NO2/c1-2-3-4-5-6-7-8-9-10-11-12-13-14-15-16-17-18(21)19(20)22/h7-8,14-18,21H,2-6,9-13H2,1H3,(H2,20,22)/b8-7-,15-14-,17-16+. The first kappa shape index (κ1) is 20.6. The van der Waals surface area contributed by atoms with Crippen molar-refractivity contribution in [3.63, 3.8) is 0 Å². The van der Waals surface area contributed by atoms with Gasteiger partial charge in [-0.25, -0.2) is 0 Å². The van der Waals surface area contributed by atoms with E-state index in [1.54, 1.807) is 6.08 Å². The normalized spacial score (nSPS) is 13.5. The Hall–Kier alpha value is -1.35. The van der Waals surface area contributed by atoms with E-state index >= 15 is 0 Å². The van der Waals surface area contributed by atoms with Gasteiger partial charge in [0.15, 0.2) is 6.10 Å². The quantitative estimate of drug-likeness (QED) is 0.283. The van der Waals surface area contributed by atoms with Crippen LogP contribution < -0.4 is 5.73 Å². The molecule has 0 saturated carbocycles. The topological polar surface area (TPSA) is 63.3 Å². The third-order valence-electron chi connectivity index (χ3n) is 3.46. The van der Waals surface area contributed by atoms with Crippen molar-refractivity contribution in [3.05, 3.63) is 36.5 Å². The summed E-state index contributed by atoms with van der Waals surface area (Å²) in [5, 5.41) is 9.13. The average Bonchev–Trinajstić information content (AvgIpc) is 2.50. The molecule has 22 heavy (non-hydrogen) atoms. The van der Waals surface area contributed by atoms with E-state index < -0.39 is 12.0 Å². The molecule has 0 aromatic heterocycles. The van der Waals surface area contributed by atoms with Gasteiger partial charge >= 0.3 is 0 Å². The first-order valence-electron chi connectivity index (χ1n) is 8.64. The van der Waals surface area contributed by atoms with Gasteiger partial charge < -0.3 is 10.8 Å². The molecular formula is C19H33NO2. The van der Waals surface area contributed by atoms with Gasteiger partial charge in [-0.3, -0.25) is 4.79 Å². The van der Waals surface area contributed by atoms with Crippen LogP contribution in [0.3, 0.4) is 0 Å². The zero-order valence-electron chi connectivity index (χ0n) is 14.0. The molecule has 126 valence electrons. The summed E-state index contributed by atoms with van der Waals surface area (Å²) in [4.78, 5) is 10.6. The second kappa shape index (κ2) is 16.0.